The van der Waals surface area contributed by atoms with Gasteiger partial charge in [0.25, 0.3) is 0 Å². The van der Waals surface area contributed by atoms with Crippen molar-refractivity contribution in [3.05, 3.63) is 65.2 Å². The normalized spacial score (nSPS) is 16.2. The second-order valence-corrected chi connectivity index (χ2v) is 7.65. The molecule has 1 atom stereocenters. The van der Waals surface area contributed by atoms with E-state index >= 15 is 0 Å². The zero-order valence-electron chi connectivity index (χ0n) is 18.6. The Labute approximate surface area is 180 Å². The number of ether oxygens (including phenoxy) is 2. The molecular formula is C24H34N4O2. The first kappa shape index (κ1) is 22.1. The molecule has 30 heavy (non-hydrogen) atoms. The lowest BCUT2D eigenvalue weighted by Gasteiger charge is -2.35. The summed E-state index contributed by atoms with van der Waals surface area (Å²) in [5.41, 5.74) is 3.87. The zero-order chi connectivity index (χ0) is 21.3. The number of nitrogens with one attached hydrogen (secondary N) is 1. The minimum absolute atomic E-state index is 0.239. The monoisotopic (exact) mass is 410 g/mol. The number of hydrogen-bond donors (Lipinski definition) is 1. The molecule has 1 saturated heterocycles. The van der Waals surface area contributed by atoms with Crippen LogP contribution in [0.25, 0.3) is 0 Å². The Balaban J connectivity index is 1.70. The fourth-order valence-electron chi connectivity index (χ4n) is 3.86. The molecular weight excluding hydrogens is 376 g/mol. The summed E-state index contributed by atoms with van der Waals surface area (Å²) in [5, 5.41) is 3.60. The molecule has 6 heteroatoms. The van der Waals surface area contributed by atoms with Crippen LogP contribution in [-0.2, 0) is 11.3 Å². The number of nitrogens with zero attached hydrogens (tertiary/aromatic N) is 3. The van der Waals surface area contributed by atoms with E-state index in [0.717, 1.165) is 51.1 Å². The van der Waals surface area contributed by atoms with Gasteiger partial charge < -0.3 is 19.7 Å². The molecule has 0 aliphatic carbocycles. The van der Waals surface area contributed by atoms with Crippen molar-refractivity contribution in [3.63, 3.8) is 0 Å². The van der Waals surface area contributed by atoms with Gasteiger partial charge in [0.1, 0.15) is 5.75 Å². The van der Waals surface area contributed by atoms with Gasteiger partial charge in [-0.2, -0.15) is 0 Å². The molecule has 0 amide bonds. The minimum Gasteiger partial charge on any atom is -0.497 e. The summed E-state index contributed by atoms with van der Waals surface area (Å²) >= 11 is 0. The zero-order valence-corrected chi connectivity index (χ0v) is 18.6. The van der Waals surface area contributed by atoms with Crippen LogP contribution in [-0.4, -0.2) is 69.8 Å². The van der Waals surface area contributed by atoms with Gasteiger partial charge in [0, 0.05) is 40.3 Å². The maximum absolute atomic E-state index is 5.57. The molecule has 1 unspecified atom stereocenters. The quantitative estimate of drug-likeness (QED) is 0.562. The van der Waals surface area contributed by atoms with Gasteiger partial charge in [-0.3, -0.25) is 9.89 Å². The number of methoxy groups -OCH3 is 1. The molecule has 162 valence electrons. The van der Waals surface area contributed by atoms with E-state index in [0.29, 0.717) is 0 Å². The van der Waals surface area contributed by atoms with E-state index in [-0.39, 0.29) is 6.04 Å². The molecule has 0 aromatic heterocycles. The van der Waals surface area contributed by atoms with Crippen molar-refractivity contribution in [2.24, 2.45) is 4.99 Å². The summed E-state index contributed by atoms with van der Waals surface area (Å²) in [6, 6.07) is 17.1. The Hall–Kier alpha value is -2.57. The summed E-state index contributed by atoms with van der Waals surface area (Å²) < 4.78 is 10.9. The third-order valence-corrected chi connectivity index (χ3v) is 5.68. The number of benzene rings is 2. The summed E-state index contributed by atoms with van der Waals surface area (Å²) in [7, 11) is 5.62. The predicted molar refractivity (Wildman–Crippen MR) is 122 cm³/mol. The molecule has 0 spiro atoms. The van der Waals surface area contributed by atoms with Gasteiger partial charge in [-0.25, -0.2) is 0 Å². The Morgan fingerprint density at radius 2 is 1.87 bits per heavy atom. The van der Waals surface area contributed by atoms with Crippen LogP contribution in [0.5, 0.6) is 5.75 Å². The number of aryl methyl sites for hydroxylation is 1. The van der Waals surface area contributed by atoms with Gasteiger partial charge in [-0.15, -0.1) is 0 Å². The maximum Gasteiger partial charge on any atom is 0.193 e. The van der Waals surface area contributed by atoms with Crippen molar-refractivity contribution in [3.8, 4) is 5.75 Å². The Morgan fingerprint density at radius 1 is 1.17 bits per heavy atom. The molecule has 0 bridgehead atoms. The van der Waals surface area contributed by atoms with Crippen molar-refractivity contribution in [1.82, 2.24) is 15.1 Å². The molecule has 1 aliphatic heterocycles. The van der Waals surface area contributed by atoms with E-state index in [9.17, 15) is 0 Å². The van der Waals surface area contributed by atoms with Gasteiger partial charge >= 0.3 is 0 Å². The van der Waals surface area contributed by atoms with Crippen LogP contribution in [0, 0.1) is 6.92 Å². The van der Waals surface area contributed by atoms with Crippen molar-refractivity contribution in [2.45, 2.75) is 19.5 Å². The Kier molecular flexibility index (Phi) is 8.11. The number of morpholine rings is 1. The van der Waals surface area contributed by atoms with E-state index in [2.05, 4.69) is 70.5 Å². The fourth-order valence-corrected chi connectivity index (χ4v) is 3.86. The highest BCUT2D eigenvalue weighted by Crippen LogP contribution is 2.24. The van der Waals surface area contributed by atoms with Gasteiger partial charge in [0.2, 0.25) is 0 Å². The average molecular weight is 411 g/mol. The Morgan fingerprint density at radius 3 is 2.50 bits per heavy atom. The first-order valence-electron chi connectivity index (χ1n) is 10.5. The topological polar surface area (TPSA) is 49.3 Å². The molecule has 6 nitrogen and oxygen atoms in total. The third kappa shape index (κ3) is 5.74. The van der Waals surface area contributed by atoms with Crippen molar-refractivity contribution in [2.75, 3.05) is 54.1 Å². The fraction of sp³-hybridized carbons (Fsp3) is 0.458. The molecule has 3 rings (SSSR count). The lowest BCUT2D eigenvalue weighted by molar-refractivity contribution is 0.0169. The lowest BCUT2D eigenvalue weighted by atomic mass is 10.0. The highest BCUT2D eigenvalue weighted by Gasteiger charge is 2.23. The van der Waals surface area contributed by atoms with Gasteiger partial charge in [0.05, 0.1) is 26.4 Å². The molecule has 2 aromatic rings. The van der Waals surface area contributed by atoms with E-state index in [1.165, 1.54) is 16.7 Å². The summed E-state index contributed by atoms with van der Waals surface area (Å²) in [6.07, 6.45) is 0. The summed E-state index contributed by atoms with van der Waals surface area (Å²) in [4.78, 5) is 9.17. The largest absolute Gasteiger partial charge is 0.497 e. The molecule has 1 aliphatic rings. The van der Waals surface area contributed by atoms with E-state index < -0.39 is 0 Å². The van der Waals surface area contributed by atoms with E-state index in [1.54, 1.807) is 7.11 Å². The predicted octanol–water partition coefficient (Wildman–Crippen LogP) is 3.08. The number of hydrogen-bond acceptors (Lipinski definition) is 4. The molecule has 1 heterocycles. The molecule has 0 saturated carbocycles. The highest BCUT2D eigenvalue weighted by atomic mass is 16.5. The van der Waals surface area contributed by atoms with Crippen LogP contribution in [0.1, 0.15) is 22.7 Å². The maximum atomic E-state index is 5.57. The lowest BCUT2D eigenvalue weighted by Crippen LogP contribution is -2.46. The van der Waals surface area contributed by atoms with Crippen molar-refractivity contribution >= 4 is 5.96 Å². The molecule has 0 radical (unpaired) electrons. The van der Waals surface area contributed by atoms with E-state index in [4.69, 9.17) is 9.47 Å². The van der Waals surface area contributed by atoms with Gasteiger partial charge in [-0.05, 0) is 35.7 Å². The second kappa shape index (κ2) is 11.0. The van der Waals surface area contributed by atoms with Crippen molar-refractivity contribution < 1.29 is 9.47 Å². The SMILES string of the molecule is CN=C(NCC(c1ccc(OC)cc1)N1CCOCC1)N(C)Cc1ccccc1C. The summed E-state index contributed by atoms with van der Waals surface area (Å²) in [6.45, 7) is 7.14. The van der Waals surface area contributed by atoms with Crippen LogP contribution in [0.3, 0.4) is 0 Å². The molecule has 1 fully saturated rings. The summed E-state index contributed by atoms with van der Waals surface area (Å²) in [5.74, 6) is 1.77. The van der Waals surface area contributed by atoms with Crippen LogP contribution < -0.4 is 10.1 Å². The first-order valence-corrected chi connectivity index (χ1v) is 10.5. The molecule has 2 aromatic carbocycles. The standard InChI is InChI=1S/C24H34N4O2/c1-19-7-5-6-8-21(19)18-27(3)24(25-2)26-17-23(28-13-15-30-16-14-28)20-9-11-22(29-4)12-10-20/h5-12,23H,13-18H2,1-4H3,(H,25,26). The third-order valence-electron chi connectivity index (χ3n) is 5.68. The minimum atomic E-state index is 0.239. The van der Waals surface area contributed by atoms with Gasteiger partial charge in [-0.1, -0.05) is 36.4 Å². The first-order chi connectivity index (χ1) is 14.6. The number of aliphatic imine (C=N–C) groups is 1. The van der Waals surface area contributed by atoms with E-state index in [1.807, 2.05) is 19.2 Å². The smallest absolute Gasteiger partial charge is 0.193 e. The van der Waals surface area contributed by atoms with Crippen LogP contribution in [0.2, 0.25) is 0 Å². The highest BCUT2D eigenvalue weighted by molar-refractivity contribution is 5.79. The number of guanidine groups is 1. The van der Waals surface area contributed by atoms with Crippen LogP contribution in [0.4, 0.5) is 0 Å². The van der Waals surface area contributed by atoms with Crippen LogP contribution >= 0.6 is 0 Å². The Bertz CT molecular complexity index is 816. The second-order valence-electron chi connectivity index (χ2n) is 7.65. The number of rotatable bonds is 7. The van der Waals surface area contributed by atoms with Crippen LogP contribution in [0.15, 0.2) is 53.5 Å². The van der Waals surface area contributed by atoms with Gasteiger partial charge in [0.15, 0.2) is 5.96 Å². The van der Waals surface area contributed by atoms with Crippen molar-refractivity contribution in [1.29, 1.82) is 0 Å². The molecule has 1 N–H and O–H groups in total. The average Bonchev–Trinajstić information content (AvgIpc) is 2.79.